The molecule has 0 saturated carbocycles. The zero-order valence-electron chi connectivity index (χ0n) is 13.1. The molecule has 1 heterocycles. The van der Waals surface area contributed by atoms with Gasteiger partial charge in [0.15, 0.2) is 5.16 Å². The zero-order valence-corrected chi connectivity index (χ0v) is 13.9. The van der Waals surface area contributed by atoms with E-state index in [9.17, 15) is 31.1 Å². The topological polar surface area (TPSA) is 54.9 Å². The molecule has 0 spiro atoms. The van der Waals surface area contributed by atoms with Gasteiger partial charge in [0.2, 0.25) is 5.91 Å². The minimum absolute atomic E-state index is 0.00938. The number of hydrogen-bond donors (Lipinski definition) is 1. The molecule has 0 atom stereocenters. The number of hydrogen-bond acceptors (Lipinski definition) is 4. The second kappa shape index (κ2) is 7.52. The van der Waals surface area contributed by atoms with Gasteiger partial charge in [-0.3, -0.25) is 4.79 Å². The molecule has 0 unspecified atom stereocenters. The number of carbonyl (C=O) groups excluding carboxylic acids is 1. The fraction of sp³-hybridized carbons (Fsp3) is 0.267. The second-order valence-corrected chi connectivity index (χ2v) is 6.12. The molecule has 11 heteroatoms. The largest absolute Gasteiger partial charge is 0.416 e. The number of amides is 1. The monoisotopic (exact) mass is 395 g/mol. The Morgan fingerprint density at radius 2 is 1.50 bits per heavy atom. The average Bonchev–Trinajstić information content (AvgIpc) is 2.52. The first-order valence-corrected chi connectivity index (χ1v) is 7.94. The second-order valence-electron chi connectivity index (χ2n) is 5.17. The molecule has 140 valence electrons. The van der Waals surface area contributed by atoms with E-state index in [1.165, 1.54) is 12.4 Å². The van der Waals surface area contributed by atoms with Crippen LogP contribution in [-0.4, -0.2) is 21.6 Å². The van der Waals surface area contributed by atoms with Gasteiger partial charge in [0.25, 0.3) is 0 Å². The molecule has 0 aliphatic carbocycles. The summed E-state index contributed by atoms with van der Waals surface area (Å²) in [5.74, 6) is -1.06. The third-order valence-electron chi connectivity index (χ3n) is 2.96. The number of anilines is 1. The molecule has 1 N–H and O–H groups in total. The lowest BCUT2D eigenvalue weighted by Crippen LogP contribution is -2.17. The number of benzene rings is 1. The van der Waals surface area contributed by atoms with E-state index in [0.717, 1.165) is 17.3 Å². The fourth-order valence-corrected chi connectivity index (χ4v) is 2.40. The van der Waals surface area contributed by atoms with Gasteiger partial charge in [-0.25, -0.2) is 9.97 Å². The smallest absolute Gasteiger partial charge is 0.325 e. The van der Waals surface area contributed by atoms with Crippen molar-refractivity contribution in [3.05, 3.63) is 47.3 Å². The van der Waals surface area contributed by atoms with Crippen molar-refractivity contribution >= 4 is 23.4 Å². The molecule has 0 bridgehead atoms. The van der Waals surface area contributed by atoms with Crippen LogP contribution < -0.4 is 5.32 Å². The van der Waals surface area contributed by atoms with Gasteiger partial charge in [0.1, 0.15) is 0 Å². The van der Waals surface area contributed by atoms with Crippen LogP contribution in [0.25, 0.3) is 0 Å². The fourth-order valence-electron chi connectivity index (χ4n) is 1.81. The SMILES string of the molecule is Cc1cnc(SCC(=O)Nc2cc(C(F)(F)F)cc(C(F)(F)F)c2)nc1. The predicted octanol–water partition coefficient (Wildman–Crippen LogP) is 4.55. The number of thioether (sulfide) groups is 1. The normalized spacial score (nSPS) is 12.1. The van der Waals surface area contributed by atoms with Gasteiger partial charge in [-0.15, -0.1) is 0 Å². The summed E-state index contributed by atoms with van der Waals surface area (Å²) in [5.41, 5.74) is -2.81. The van der Waals surface area contributed by atoms with Gasteiger partial charge >= 0.3 is 12.4 Å². The molecule has 0 aliphatic heterocycles. The highest BCUT2D eigenvalue weighted by atomic mass is 32.2. The van der Waals surface area contributed by atoms with E-state index in [1.807, 2.05) is 5.32 Å². The number of aromatic nitrogens is 2. The minimum Gasteiger partial charge on any atom is -0.325 e. The Hall–Kier alpha value is -2.30. The summed E-state index contributed by atoms with van der Waals surface area (Å²) in [5, 5.41) is 2.29. The van der Waals surface area contributed by atoms with Crippen LogP contribution in [0.4, 0.5) is 32.0 Å². The molecule has 1 amide bonds. The number of nitrogens with zero attached hydrogens (tertiary/aromatic N) is 2. The lowest BCUT2D eigenvalue weighted by atomic mass is 10.1. The van der Waals surface area contributed by atoms with Crippen LogP contribution in [0.1, 0.15) is 16.7 Å². The van der Waals surface area contributed by atoms with E-state index in [-0.39, 0.29) is 17.0 Å². The molecule has 0 aliphatic rings. The maximum atomic E-state index is 12.8. The molecule has 0 saturated heterocycles. The number of halogens is 6. The van der Waals surface area contributed by atoms with Crippen LogP contribution in [0.2, 0.25) is 0 Å². The Balaban J connectivity index is 2.14. The molecule has 0 radical (unpaired) electrons. The van der Waals surface area contributed by atoms with Gasteiger partial charge in [-0.2, -0.15) is 26.3 Å². The van der Waals surface area contributed by atoms with E-state index >= 15 is 0 Å². The van der Waals surface area contributed by atoms with Gasteiger partial charge in [0.05, 0.1) is 16.9 Å². The van der Waals surface area contributed by atoms with Crippen LogP contribution in [0.5, 0.6) is 0 Å². The molecule has 4 nitrogen and oxygen atoms in total. The van der Waals surface area contributed by atoms with Crippen molar-refractivity contribution in [2.45, 2.75) is 24.4 Å². The van der Waals surface area contributed by atoms with Crippen LogP contribution >= 0.6 is 11.8 Å². The van der Waals surface area contributed by atoms with Crippen LogP contribution in [0.3, 0.4) is 0 Å². The number of nitrogens with one attached hydrogen (secondary N) is 1. The third kappa shape index (κ3) is 5.61. The molecular formula is C15H11F6N3OS. The Labute approximate surface area is 148 Å². The maximum absolute atomic E-state index is 12.8. The quantitative estimate of drug-likeness (QED) is 0.469. The molecular weight excluding hydrogens is 384 g/mol. The zero-order chi connectivity index (χ0) is 19.5. The van der Waals surface area contributed by atoms with E-state index in [1.54, 1.807) is 6.92 Å². The summed E-state index contributed by atoms with van der Waals surface area (Å²) in [6, 6.07) is 0.880. The van der Waals surface area contributed by atoms with Crippen molar-refractivity contribution in [3.8, 4) is 0 Å². The summed E-state index contributed by atoms with van der Waals surface area (Å²) in [7, 11) is 0. The Morgan fingerprint density at radius 3 is 1.96 bits per heavy atom. The van der Waals surface area contributed by atoms with Gasteiger partial charge in [-0.1, -0.05) is 11.8 Å². The predicted molar refractivity (Wildman–Crippen MR) is 82.6 cm³/mol. The highest BCUT2D eigenvalue weighted by Crippen LogP contribution is 2.37. The van der Waals surface area contributed by atoms with Gasteiger partial charge < -0.3 is 5.32 Å². The van der Waals surface area contributed by atoms with Gasteiger partial charge in [0, 0.05) is 18.1 Å². The van der Waals surface area contributed by atoms with Crippen molar-refractivity contribution < 1.29 is 31.1 Å². The summed E-state index contributed by atoms with van der Waals surface area (Å²) in [4.78, 5) is 19.7. The molecule has 1 aromatic carbocycles. The highest BCUT2D eigenvalue weighted by molar-refractivity contribution is 7.99. The Kier molecular flexibility index (Phi) is 5.79. The first-order valence-electron chi connectivity index (χ1n) is 6.96. The molecule has 0 fully saturated rings. The molecule has 2 aromatic rings. The van der Waals surface area contributed by atoms with Crippen molar-refractivity contribution in [1.82, 2.24) is 9.97 Å². The van der Waals surface area contributed by atoms with Crippen molar-refractivity contribution in [2.75, 3.05) is 11.1 Å². The number of carbonyl (C=O) groups is 1. The summed E-state index contributed by atoms with van der Waals surface area (Å²) >= 11 is 0.897. The lowest BCUT2D eigenvalue weighted by molar-refractivity contribution is -0.143. The van der Waals surface area contributed by atoms with Crippen molar-refractivity contribution in [3.63, 3.8) is 0 Å². The van der Waals surface area contributed by atoms with E-state index in [2.05, 4.69) is 9.97 Å². The van der Waals surface area contributed by atoms with Crippen LogP contribution in [0, 0.1) is 6.92 Å². The standard InChI is InChI=1S/C15H11F6N3OS/c1-8-5-22-13(23-6-8)26-7-12(25)24-11-3-9(14(16,17)18)2-10(4-11)15(19,20)21/h2-6H,7H2,1H3,(H,24,25). The van der Waals surface area contributed by atoms with Crippen molar-refractivity contribution in [2.24, 2.45) is 0 Å². The Bertz CT molecular complexity index is 757. The average molecular weight is 395 g/mol. The molecule has 26 heavy (non-hydrogen) atoms. The van der Waals surface area contributed by atoms with Gasteiger partial charge in [-0.05, 0) is 30.7 Å². The van der Waals surface area contributed by atoms with Crippen LogP contribution in [0.15, 0.2) is 35.7 Å². The van der Waals surface area contributed by atoms with Crippen LogP contribution in [-0.2, 0) is 17.1 Å². The van der Waals surface area contributed by atoms with E-state index in [0.29, 0.717) is 12.1 Å². The number of rotatable bonds is 4. The summed E-state index contributed by atoms with van der Waals surface area (Å²) in [6.45, 7) is 1.76. The third-order valence-corrected chi connectivity index (χ3v) is 3.84. The first kappa shape index (κ1) is 20.0. The molecule has 1 aromatic heterocycles. The van der Waals surface area contributed by atoms with E-state index in [4.69, 9.17) is 0 Å². The lowest BCUT2D eigenvalue weighted by Gasteiger charge is -2.14. The molecule has 2 rings (SSSR count). The number of alkyl halides is 6. The Morgan fingerprint density at radius 1 is 1.00 bits per heavy atom. The minimum atomic E-state index is -4.98. The first-order chi connectivity index (χ1) is 11.9. The highest BCUT2D eigenvalue weighted by Gasteiger charge is 2.37. The summed E-state index contributed by atoms with van der Waals surface area (Å²) < 4.78 is 76.6. The number of aryl methyl sites for hydroxylation is 1. The van der Waals surface area contributed by atoms with E-state index < -0.39 is 35.1 Å². The maximum Gasteiger partial charge on any atom is 0.416 e. The van der Waals surface area contributed by atoms with Crippen molar-refractivity contribution in [1.29, 1.82) is 0 Å². The summed E-state index contributed by atoms with van der Waals surface area (Å²) in [6.07, 6.45) is -6.94.